The minimum Gasteiger partial charge on any atom is -0.493 e. The van der Waals surface area contributed by atoms with E-state index < -0.39 is 10.9 Å². The normalized spacial score (nSPS) is 12.1. The molecule has 0 unspecified atom stereocenters. The molecule has 0 aromatic heterocycles. The van der Waals surface area contributed by atoms with Gasteiger partial charge in [0.05, 0.1) is 30.8 Å². The molecule has 0 saturated heterocycles. The lowest BCUT2D eigenvalue weighted by atomic mass is 10.1. The Balaban J connectivity index is 1.72. The quantitative estimate of drug-likeness (QED) is 0.301. The number of nitro benzene ring substituents is 1. The SMILES string of the molecule is COc1cc(C)c(COC(=O)/C=C/c2cc3c(cc2[N+](=O)[O-])OCO3)cc1OC. The molecule has 2 aromatic carbocycles. The van der Waals surface area contributed by atoms with Gasteiger partial charge in [-0.1, -0.05) is 0 Å². The fraction of sp³-hybridized carbons (Fsp3) is 0.250. The topological polar surface area (TPSA) is 106 Å². The lowest BCUT2D eigenvalue weighted by Gasteiger charge is -2.12. The van der Waals surface area contributed by atoms with Gasteiger partial charge in [0, 0.05) is 6.08 Å². The molecule has 1 aliphatic rings. The predicted molar refractivity (Wildman–Crippen MR) is 102 cm³/mol. The maximum atomic E-state index is 12.1. The van der Waals surface area contributed by atoms with Gasteiger partial charge in [-0.15, -0.1) is 0 Å². The molecule has 29 heavy (non-hydrogen) atoms. The summed E-state index contributed by atoms with van der Waals surface area (Å²) >= 11 is 0. The molecular weight excluding hydrogens is 382 g/mol. The summed E-state index contributed by atoms with van der Waals surface area (Å²) < 4.78 is 26.1. The van der Waals surface area contributed by atoms with Crippen molar-refractivity contribution in [3.63, 3.8) is 0 Å². The average molecular weight is 401 g/mol. The third-order valence-electron chi connectivity index (χ3n) is 4.33. The smallest absolute Gasteiger partial charge is 0.331 e. The van der Waals surface area contributed by atoms with Crippen LogP contribution in [0.1, 0.15) is 16.7 Å². The van der Waals surface area contributed by atoms with Gasteiger partial charge < -0.3 is 23.7 Å². The number of benzene rings is 2. The van der Waals surface area contributed by atoms with Crippen LogP contribution in [0.5, 0.6) is 23.0 Å². The Bertz CT molecular complexity index is 983. The number of fused-ring (bicyclic) bond motifs is 1. The standard InChI is InChI=1S/C20H19NO8/c1-12-6-16(25-2)17(26-3)8-14(12)10-27-20(22)5-4-13-7-18-19(29-11-28-18)9-15(13)21(23)24/h4-9H,10-11H2,1-3H3/b5-4+. The van der Waals surface area contributed by atoms with E-state index in [-0.39, 0.29) is 24.7 Å². The molecule has 1 heterocycles. The zero-order valence-corrected chi connectivity index (χ0v) is 16.1. The van der Waals surface area contributed by atoms with Gasteiger partial charge in [-0.2, -0.15) is 0 Å². The molecular formula is C20H19NO8. The van der Waals surface area contributed by atoms with E-state index in [1.807, 2.05) is 6.92 Å². The fourth-order valence-electron chi connectivity index (χ4n) is 2.77. The van der Waals surface area contributed by atoms with Crippen molar-refractivity contribution < 1.29 is 33.4 Å². The largest absolute Gasteiger partial charge is 0.493 e. The number of aryl methyl sites for hydroxylation is 1. The van der Waals surface area contributed by atoms with E-state index in [9.17, 15) is 14.9 Å². The summed E-state index contributed by atoms with van der Waals surface area (Å²) in [6.07, 6.45) is 2.44. The van der Waals surface area contributed by atoms with Crippen molar-refractivity contribution in [2.45, 2.75) is 13.5 Å². The summed E-state index contributed by atoms with van der Waals surface area (Å²) in [5.41, 5.74) is 1.62. The predicted octanol–water partition coefficient (Wildman–Crippen LogP) is 3.41. The zero-order chi connectivity index (χ0) is 21.0. The molecule has 0 spiro atoms. The van der Waals surface area contributed by atoms with Crippen molar-refractivity contribution in [1.29, 1.82) is 0 Å². The van der Waals surface area contributed by atoms with Crippen molar-refractivity contribution in [2.75, 3.05) is 21.0 Å². The molecule has 0 aliphatic carbocycles. The molecule has 0 amide bonds. The first-order valence-corrected chi connectivity index (χ1v) is 8.57. The molecule has 9 nitrogen and oxygen atoms in total. The van der Waals surface area contributed by atoms with Crippen LogP contribution in [0.4, 0.5) is 5.69 Å². The molecule has 0 atom stereocenters. The highest BCUT2D eigenvalue weighted by atomic mass is 16.7. The van der Waals surface area contributed by atoms with Gasteiger partial charge in [0.2, 0.25) is 6.79 Å². The van der Waals surface area contributed by atoms with E-state index in [4.69, 9.17) is 23.7 Å². The third kappa shape index (κ3) is 4.40. The molecule has 152 valence electrons. The van der Waals surface area contributed by atoms with Gasteiger partial charge in [0.15, 0.2) is 23.0 Å². The van der Waals surface area contributed by atoms with Crippen LogP contribution < -0.4 is 18.9 Å². The first-order valence-electron chi connectivity index (χ1n) is 8.57. The Morgan fingerprint density at radius 1 is 1.14 bits per heavy atom. The van der Waals surface area contributed by atoms with Crippen molar-refractivity contribution in [3.8, 4) is 23.0 Å². The van der Waals surface area contributed by atoms with Gasteiger partial charge in [-0.05, 0) is 42.3 Å². The first kappa shape index (κ1) is 20.0. The van der Waals surface area contributed by atoms with E-state index in [1.165, 1.54) is 32.4 Å². The Morgan fingerprint density at radius 3 is 2.45 bits per heavy atom. The summed E-state index contributed by atoms with van der Waals surface area (Å²) in [6.45, 7) is 1.86. The van der Waals surface area contributed by atoms with Gasteiger partial charge in [0.1, 0.15) is 6.61 Å². The minimum atomic E-state index is -0.647. The molecule has 2 aromatic rings. The molecule has 0 N–H and O–H groups in total. The number of hydrogen-bond acceptors (Lipinski definition) is 8. The molecule has 0 saturated carbocycles. The van der Waals surface area contributed by atoms with Crippen LogP contribution in [0.2, 0.25) is 0 Å². The second kappa shape index (κ2) is 8.51. The molecule has 0 radical (unpaired) electrons. The van der Waals surface area contributed by atoms with Crippen molar-refractivity contribution in [1.82, 2.24) is 0 Å². The van der Waals surface area contributed by atoms with Crippen molar-refractivity contribution in [3.05, 3.63) is 57.1 Å². The average Bonchev–Trinajstić information content (AvgIpc) is 3.17. The molecule has 1 aliphatic heterocycles. The Labute approximate surface area is 166 Å². The minimum absolute atomic E-state index is 0.00757. The van der Waals surface area contributed by atoms with E-state index in [0.29, 0.717) is 23.0 Å². The number of rotatable bonds is 7. The number of nitrogens with zero attached hydrogens (tertiary/aromatic N) is 1. The lowest BCUT2D eigenvalue weighted by molar-refractivity contribution is -0.385. The number of ether oxygens (including phenoxy) is 5. The van der Waals surface area contributed by atoms with Crippen molar-refractivity contribution in [2.24, 2.45) is 0 Å². The second-order valence-electron chi connectivity index (χ2n) is 6.10. The van der Waals surface area contributed by atoms with Crippen LogP contribution in [-0.2, 0) is 16.1 Å². The number of carbonyl (C=O) groups excluding carboxylic acids is 1. The van der Waals surface area contributed by atoms with E-state index in [1.54, 1.807) is 12.1 Å². The van der Waals surface area contributed by atoms with Gasteiger partial charge in [-0.25, -0.2) is 4.79 Å². The Kier molecular flexibility index (Phi) is 5.87. The van der Waals surface area contributed by atoms with Gasteiger partial charge >= 0.3 is 5.97 Å². The molecule has 9 heteroatoms. The lowest BCUT2D eigenvalue weighted by Crippen LogP contribution is -2.03. The molecule has 3 rings (SSSR count). The van der Waals surface area contributed by atoms with E-state index in [2.05, 4.69) is 0 Å². The monoisotopic (exact) mass is 401 g/mol. The van der Waals surface area contributed by atoms with Crippen LogP contribution in [0.3, 0.4) is 0 Å². The fourth-order valence-corrected chi connectivity index (χ4v) is 2.77. The van der Waals surface area contributed by atoms with Crippen LogP contribution in [-0.4, -0.2) is 31.9 Å². The number of esters is 1. The number of carbonyl (C=O) groups is 1. The van der Waals surface area contributed by atoms with Crippen LogP contribution >= 0.6 is 0 Å². The van der Waals surface area contributed by atoms with Crippen LogP contribution in [0.15, 0.2) is 30.3 Å². The molecule has 0 fully saturated rings. The summed E-state index contributed by atoms with van der Waals surface area (Å²) in [4.78, 5) is 22.8. The van der Waals surface area contributed by atoms with Gasteiger partial charge in [-0.3, -0.25) is 10.1 Å². The third-order valence-corrected chi connectivity index (χ3v) is 4.33. The highest BCUT2D eigenvalue weighted by Gasteiger charge is 2.22. The summed E-state index contributed by atoms with van der Waals surface area (Å²) in [6, 6.07) is 6.23. The Hall–Kier alpha value is -3.75. The maximum absolute atomic E-state index is 12.1. The second-order valence-corrected chi connectivity index (χ2v) is 6.10. The summed E-state index contributed by atoms with van der Waals surface area (Å²) in [5, 5.41) is 11.3. The highest BCUT2D eigenvalue weighted by molar-refractivity contribution is 5.88. The summed E-state index contributed by atoms with van der Waals surface area (Å²) in [5.74, 6) is 1.13. The molecule has 0 bridgehead atoms. The number of nitro groups is 1. The van der Waals surface area contributed by atoms with E-state index in [0.717, 1.165) is 17.2 Å². The highest BCUT2D eigenvalue weighted by Crippen LogP contribution is 2.38. The zero-order valence-electron chi connectivity index (χ0n) is 16.1. The maximum Gasteiger partial charge on any atom is 0.331 e. The van der Waals surface area contributed by atoms with Crippen LogP contribution in [0, 0.1) is 17.0 Å². The summed E-state index contributed by atoms with van der Waals surface area (Å²) in [7, 11) is 3.06. The first-order chi connectivity index (χ1) is 13.9. The number of hydrogen-bond donors (Lipinski definition) is 0. The van der Waals surface area contributed by atoms with E-state index >= 15 is 0 Å². The van der Waals surface area contributed by atoms with Crippen molar-refractivity contribution >= 4 is 17.7 Å². The van der Waals surface area contributed by atoms with Gasteiger partial charge in [0.25, 0.3) is 5.69 Å². The van der Waals surface area contributed by atoms with Crippen LogP contribution in [0.25, 0.3) is 6.08 Å². The number of methoxy groups -OCH3 is 2. The Morgan fingerprint density at radius 2 is 1.79 bits per heavy atom.